The molecule has 0 heterocycles. The minimum Gasteiger partial charge on any atom is -0.861 e. The molecule has 0 aromatic heterocycles. The van der Waals surface area contributed by atoms with E-state index < -0.39 is 44.3 Å². The van der Waals surface area contributed by atoms with Crippen LogP contribution in [0.1, 0.15) is 46.0 Å². The van der Waals surface area contributed by atoms with Crippen LogP contribution in [0.3, 0.4) is 0 Å². The fraction of sp³-hybridized carbons (Fsp3) is 0.765. The highest BCUT2D eigenvalue weighted by Gasteiger charge is 2.64. The molecule has 4 fully saturated rings. The Morgan fingerprint density at radius 3 is 2.19 bits per heavy atom. The molecule has 4 rings (SSSR count). The third-order valence-corrected chi connectivity index (χ3v) is 7.42. The molecule has 0 saturated heterocycles. The van der Waals surface area contributed by atoms with E-state index in [0.717, 1.165) is 6.42 Å². The molecular formula is C17H21F3NO5S-. The number of alkyl halides is 3. The maximum atomic E-state index is 12.7. The van der Waals surface area contributed by atoms with Crippen LogP contribution < -0.4 is 5.11 Å². The van der Waals surface area contributed by atoms with Gasteiger partial charge in [-0.15, -0.1) is 0 Å². The van der Waals surface area contributed by atoms with Gasteiger partial charge in [-0.2, -0.15) is 26.0 Å². The molecule has 152 valence electrons. The van der Waals surface area contributed by atoms with Crippen LogP contribution in [0.5, 0.6) is 0 Å². The molecule has 4 aliphatic rings. The van der Waals surface area contributed by atoms with Crippen molar-refractivity contribution in [2.75, 3.05) is 0 Å². The van der Waals surface area contributed by atoms with E-state index in [1.54, 1.807) is 6.92 Å². The highest BCUT2D eigenvalue weighted by molar-refractivity contribution is 7.91. The van der Waals surface area contributed by atoms with Crippen molar-refractivity contribution in [3.8, 4) is 0 Å². The Kier molecular flexibility index (Phi) is 4.45. The number of carbonyl (C=O) groups is 1. The summed E-state index contributed by atoms with van der Waals surface area (Å²) in [5, 5.41) is 12.7. The summed E-state index contributed by atoms with van der Waals surface area (Å²) in [4.78, 5) is 12.1. The first-order valence-corrected chi connectivity index (χ1v) is 10.1. The van der Waals surface area contributed by atoms with Gasteiger partial charge in [0, 0.05) is 16.9 Å². The SMILES string of the molecule is C=C(C)C(=O)OC12CC3CC(C1)CC(/C([O-])=N/S(=O)(=O)C(F)(F)F)(C3)C2C. The summed E-state index contributed by atoms with van der Waals surface area (Å²) in [7, 11) is -5.92. The normalized spacial score (nSPS) is 38.7. The van der Waals surface area contributed by atoms with Gasteiger partial charge in [0.1, 0.15) is 5.60 Å². The molecule has 6 nitrogen and oxygen atoms in total. The Bertz CT molecular complexity index is 803. The minimum absolute atomic E-state index is 0.0284. The van der Waals surface area contributed by atoms with Crippen LogP contribution in [0.15, 0.2) is 16.5 Å². The summed E-state index contributed by atoms with van der Waals surface area (Å²) in [6.07, 6.45) is 2.30. The second kappa shape index (κ2) is 5.96. The predicted molar refractivity (Wildman–Crippen MR) is 87.7 cm³/mol. The molecule has 0 aromatic rings. The first kappa shape index (κ1) is 20.2. The molecule has 0 aliphatic heterocycles. The summed E-state index contributed by atoms with van der Waals surface area (Å²) in [6, 6.07) is 0. The number of sulfonamides is 1. The van der Waals surface area contributed by atoms with Crippen molar-refractivity contribution >= 4 is 21.9 Å². The van der Waals surface area contributed by atoms with Crippen LogP contribution in [0.2, 0.25) is 0 Å². The zero-order valence-corrected chi connectivity index (χ0v) is 15.8. The van der Waals surface area contributed by atoms with E-state index in [4.69, 9.17) is 4.74 Å². The maximum absolute atomic E-state index is 12.7. The van der Waals surface area contributed by atoms with Gasteiger partial charge >= 0.3 is 21.5 Å². The monoisotopic (exact) mass is 408 g/mol. The lowest BCUT2D eigenvalue weighted by Gasteiger charge is -2.66. The van der Waals surface area contributed by atoms with Gasteiger partial charge in [-0.3, -0.25) is 0 Å². The number of rotatable bonds is 4. The van der Waals surface area contributed by atoms with Crippen LogP contribution in [0, 0.1) is 23.2 Å². The summed E-state index contributed by atoms with van der Waals surface area (Å²) in [6.45, 7) is 6.66. The molecule has 4 saturated carbocycles. The van der Waals surface area contributed by atoms with Gasteiger partial charge in [0.05, 0.1) is 0 Å². The number of esters is 1. The summed E-state index contributed by atoms with van der Waals surface area (Å²) >= 11 is 0. The number of ether oxygens (including phenoxy) is 1. The van der Waals surface area contributed by atoms with Crippen molar-refractivity contribution in [1.29, 1.82) is 0 Å². The van der Waals surface area contributed by atoms with Gasteiger partial charge in [-0.05, 0) is 56.8 Å². The Labute approximate surface area is 155 Å². The predicted octanol–water partition coefficient (Wildman–Crippen LogP) is 2.30. The van der Waals surface area contributed by atoms with Crippen LogP contribution in [0.25, 0.3) is 0 Å². The van der Waals surface area contributed by atoms with Gasteiger partial charge in [0.25, 0.3) is 0 Å². The molecule has 0 aromatic carbocycles. The third kappa shape index (κ3) is 3.05. The van der Waals surface area contributed by atoms with Gasteiger partial charge < -0.3 is 9.84 Å². The molecule has 3 atom stereocenters. The Morgan fingerprint density at radius 2 is 1.74 bits per heavy atom. The van der Waals surface area contributed by atoms with Crippen LogP contribution in [-0.4, -0.2) is 31.4 Å². The molecule has 0 radical (unpaired) electrons. The lowest BCUT2D eigenvalue weighted by Crippen LogP contribution is -2.67. The molecule has 4 aliphatic carbocycles. The molecule has 0 spiro atoms. The lowest BCUT2D eigenvalue weighted by atomic mass is 9.43. The minimum atomic E-state index is -5.92. The van der Waals surface area contributed by atoms with E-state index in [1.807, 2.05) is 0 Å². The Morgan fingerprint density at radius 1 is 1.22 bits per heavy atom. The molecule has 0 amide bonds. The smallest absolute Gasteiger partial charge is 0.518 e. The number of nitrogens with zero attached hydrogens (tertiary/aromatic N) is 1. The van der Waals surface area contributed by atoms with Crippen molar-refractivity contribution in [3.63, 3.8) is 0 Å². The topological polar surface area (TPSA) is 95.9 Å². The first-order chi connectivity index (χ1) is 12.2. The Hall–Kier alpha value is -1.58. The summed E-state index contributed by atoms with van der Waals surface area (Å²) < 4.78 is 69.2. The lowest BCUT2D eigenvalue weighted by molar-refractivity contribution is -0.267. The van der Waals surface area contributed by atoms with Crippen molar-refractivity contribution in [2.45, 2.75) is 57.1 Å². The van der Waals surface area contributed by atoms with E-state index >= 15 is 0 Å². The van der Waals surface area contributed by atoms with Crippen LogP contribution in [-0.2, 0) is 19.6 Å². The molecule has 4 bridgehead atoms. The van der Waals surface area contributed by atoms with E-state index in [9.17, 15) is 31.5 Å². The molecule has 10 heteroatoms. The zero-order valence-electron chi connectivity index (χ0n) is 15.0. The van der Waals surface area contributed by atoms with E-state index in [2.05, 4.69) is 11.0 Å². The number of hydrogen-bond acceptors (Lipinski definition) is 5. The highest BCUT2D eigenvalue weighted by atomic mass is 32.2. The van der Waals surface area contributed by atoms with E-state index in [1.165, 1.54) is 6.92 Å². The molecule has 3 unspecified atom stereocenters. The Balaban J connectivity index is 2.03. The highest BCUT2D eigenvalue weighted by Crippen LogP contribution is 2.65. The molecule has 27 heavy (non-hydrogen) atoms. The fourth-order valence-electron chi connectivity index (χ4n) is 5.39. The number of carbonyl (C=O) groups excluding carboxylic acids is 1. The average molecular weight is 408 g/mol. The maximum Gasteiger partial charge on any atom is 0.518 e. The van der Waals surface area contributed by atoms with Gasteiger partial charge in [-0.1, -0.05) is 13.5 Å². The third-order valence-electron chi connectivity index (χ3n) is 6.42. The zero-order chi connectivity index (χ0) is 20.4. The van der Waals surface area contributed by atoms with Crippen LogP contribution >= 0.6 is 0 Å². The molecule has 0 N–H and O–H groups in total. The average Bonchev–Trinajstić information content (AvgIpc) is 2.49. The van der Waals surface area contributed by atoms with Crippen LogP contribution in [0.4, 0.5) is 13.2 Å². The van der Waals surface area contributed by atoms with Crippen molar-refractivity contribution < 1.29 is 36.2 Å². The van der Waals surface area contributed by atoms with Crippen molar-refractivity contribution in [3.05, 3.63) is 12.2 Å². The largest absolute Gasteiger partial charge is 0.861 e. The number of halogens is 3. The fourth-order valence-corrected chi connectivity index (χ4v) is 5.89. The summed E-state index contributed by atoms with van der Waals surface area (Å²) in [5.41, 5.74) is -7.81. The van der Waals surface area contributed by atoms with Gasteiger partial charge in [0.2, 0.25) is 0 Å². The van der Waals surface area contributed by atoms with E-state index in [-0.39, 0.29) is 30.3 Å². The summed E-state index contributed by atoms with van der Waals surface area (Å²) in [5.74, 6) is -2.59. The van der Waals surface area contributed by atoms with Crippen molar-refractivity contribution in [2.24, 2.45) is 27.6 Å². The van der Waals surface area contributed by atoms with Gasteiger partial charge in [-0.25, -0.2) is 4.79 Å². The quantitative estimate of drug-likeness (QED) is 0.308. The van der Waals surface area contributed by atoms with Gasteiger partial charge in [0.15, 0.2) is 0 Å². The standard InChI is InChI=1S/C17H22F3NO5S/c1-9(2)13(22)26-16-7-11-4-12(8-16)6-15(5-11,10(16)3)14(23)21-27(24,25)17(18,19)20/h10-12H,1,4-8H2,2-3H3,(H,21,23)/p-1. The number of hydrogen-bond donors (Lipinski definition) is 0. The second-order valence-electron chi connectivity index (χ2n) is 8.21. The van der Waals surface area contributed by atoms with E-state index in [0.29, 0.717) is 12.8 Å². The van der Waals surface area contributed by atoms with Crippen molar-refractivity contribution in [1.82, 2.24) is 0 Å². The molecular weight excluding hydrogens is 387 g/mol. The first-order valence-electron chi connectivity index (χ1n) is 8.70. The second-order valence-corrected chi connectivity index (χ2v) is 9.81.